The van der Waals surface area contributed by atoms with Gasteiger partial charge >= 0.3 is 0 Å². The second-order valence-corrected chi connectivity index (χ2v) is 2.78. The Morgan fingerprint density at radius 2 is 2.22 bits per heavy atom. The van der Waals surface area contributed by atoms with Crippen LogP contribution in [-0.2, 0) is 0 Å². The summed E-state index contributed by atoms with van der Waals surface area (Å²) in [4.78, 5) is 0. The van der Waals surface area contributed by atoms with Crippen molar-refractivity contribution in [1.82, 2.24) is 0 Å². The quantitative estimate of drug-likeness (QED) is 0.447. The van der Waals surface area contributed by atoms with E-state index in [0.717, 1.165) is 11.8 Å². The molecule has 2 unspecified atom stereocenters. The molecule has 2 nitrogen and oxygen atoms in total. The molecule has 0 aromatic rings. The van der Waals surface area contributed by atoms with E-state index in [-0.39, 0.29) is 0 Å². The van der Waals surface area contributed by atoms with Gasteiger partial charge < -0.3 is 10.2 Å². The van der Waals surface area contributed by atoms with Crippen LogP contribution in [0.5, 0.6) is 0 Å². The minimum atomic E-state index is -0.875. The summed E-state index contributed by atoms with van der Waals surface area (Å²) < 4.78 is 0. The van der Waals surface area contributed by atoms with Crippen molar-refractivity contribution < 1.29 is 10.2 Å². The van der Waals surface area contributed by atoms with Crippen molar-refractivity contribution in [2.45, 2.75) is 24.2 Å². The summed E-state index contributed by atoms with van der Waals surface area (Å²) in [5.74, 6) is 2.09. The number of aliphatic hydroxyl groups excluding tert-OH is 2. The maximum atomic E-state index is 8.87. The molecule has 0 fully saturated rings. The summed E-state index contributed by atoms with van der Waals surface area (Å²) in [5, 5.41) is 17.6. The topological polar surface area (TPSA) is 40.5 Å². The Morgan fingerprint density at radius 3 is 2.56 bits per heavy atom. The molecule has 0 spiro atoms. The standard InChI is InChI=1S/C6H10O2S/c1-3-5(7)9-6(8)4-2/h1,5-8H,4H2,2H3. The monoisotopic (exact) mass is 146 g/mol. The Hall–Kier alpha value is -0.170. The van der Waals surface area contributed by atoms with Crippen LogP contribution >= 0.6 is 11.8 Å². The highest BCUT2D eigenvalue weighted by Gasteiger charge is 2.05. The molecular weight excluding hydrogens is 136 g/mol. The van der Waals surface area contributed by atoms with E-state index in [1.165, 1.54) is 0 Å². The maximum Gasteiger partial charge on any atom is 0.163 e. The predicted molar refractivity (Wildman–Crippen MR) is 38.7 cm³/mol. The average Bonchev–Trinajstić information content (AvgIpc) is 1.87. The summed E-state index contributed by atoms with van der Waals surface area (Å²) in [6.45, 7) is 1.82. The number of rotatable bonds is 3. The highest BCUT2D eigenvalue weighted by molar-refractivity contribution is 8.00. The minimum absolute atomic E-state index is 0.545. The number of hydrogen-bond acceptors (Lipinski definition) is 3. The van der Waals surface area contributed by atoms with E-state index in [1.54, 1.807) is 0 Å². The number of terminal acetylenes is 1. The van der Waals surface area contributed by atoms with Gasteiger partial charge in [-0.15, -0.1) is 6.42 Å². The fourth-order valence-corrected chi connectivity index (χ4v) is 0.853. The molecule has 0 aliphatic heterocycles. The van der Waals surface area contributed by atoms with Crippen LogP contribution in [0.15, 0.2) is 0 Å². The van der Waals surface area contributed by atoms with Crippen molar-refractivity contribution in [1.29, 1.82) is 0 Å². The molecular formula is C6H10O2S. The minimum Gasteiger partial charge on any atom is -0.382 e. The molecule has 52 valence electrons. The molecule has 2 N–H and O–H groups in total. The first-order valence-electron chi connectivity index (χ1n) is 2.68. The zero-order chi connectivity index (χ0) is 7.28. The summed E-state index contributed by atoms with van der Waals surface area (Å²) in [6.07, 6.45) is 5.44. The molecule has 2 atom stereocenters. The van der Waals surface area contributed by atoms with Crippen LogP contribution < -0.4 is 0 Å². The van der Waals surface area contributed by atoms with Crippen LogP contribution in [0.1, 0.15) is 13.3 Å². The lowest BCUT2D eigenvalue weighted by molar-refractivity contribution is 0.249. The smallest absolute Gasteiger partial charge is 0.163 e. The number of thioether (sulfide) groups is 1. The molecule has 0 radical (unpaired) electrons. The second-order valence-electron chi connectivity index (χ2n) is 1.52. The van der Waals surface area contributed by atoms with Crippen LogP contribution in [0, 0.1) is 12.3 Å². The summed E-state index contributed by atoms with van der Waals surface area (Å²) in [6, 6.07) is 0. The van der Waals surface area contributed by atoms with Gasteiger partial charge in [0.25, 0.3) is 0 Å². The highest BCUT2D eigenvalue weighted by Crippen LogP contribution is 2.14. The fraction of sp³-hybridized carbons (Fsp3) is 0.667. The normalized spacial score (nSPS) is 16.2. The predicted octanol–water partition coefficient (Wildman–Crippen LogP) is 0.400. The molecule has 0 aliphatic rings. The Kier molecular flexibility index (Phi) is 4.60. The lowest BCUT2D eigenvalue weighted by Gasteiger charge is -2.07. The van der Waals surface area contributed by atoms with E-state index in [4.69, 9.17) is 16.6 Å². The molecule has 0 rings (SSSR count). The van der Waals surface area contributed by atoms with Crippen molar-refractivity contribution in [3.05, 3.63) is 0 Å². The van der Waals surface area contributed by atoms with Gasteiger partial charge in [0, 0.05) is 0 Å². The maximum absolute atomic E-state index is 8.87. The van der Waals surface area contributed by atoms with E-state index < -0.39 is 10.9 Å². The molecule has 0 bridgehead atoms. The third kappa shape index (κ3) is 4.34. The molecule has 0 heterocycles. The molecule has 9 heavy (non-hydrogen) atoms. The first-order chi connectivity index (χ1) is 4.20. The van der Waals surface area contributed by atoms with E-state index in [0.29, 0.717) is 6.42 Å². The first-order valence-corrected chi connectivity index (χ1v) is 3.62. The molecule has 0 saturated heterocycles. The Morgan fingerprint density at radius 1 is 1.67 bits per heavy atom. The van der Waals surface area contributed by atoms with Crippen molar-refractivity contribution in [3.8, 4) is 12.3 Å². The molecule has 0 aliphatic carbocycles. The van der Waals surface area contributed by atoms with Gasteiger partial charge in [0.05, 0.1) is 0 Å². The van der Waals surface area contributed by atoms with Crippen LogP contribution in [0.3, 0.4) is 0 Å². The molecule has 0 amide bonds. The SMILES string of the molecule is C#CC(O)SC(O)CC. The number of aliphatic hydroxyl groups is 2. The zero-order valence-corrected chi connectivity index (χ0v) is 6.06. The van der Waals surface area contributed by atoms with Gasteiger partial charge in [0.1, 0.15) is 5.44 Å². The summed E-state index contributed by atoms with van der Waals surface area (Å²) in [5.41, 5.74) is -1.42. The second kappa shape index (κ2) is 4.68. The Bertz CT molecular complexity index is 108. The van der Waals surface area contributed by atoms with Gasteiger partial charge in [-0.2, -0.15) is 0 Å². The van der Waals surface area contributed by atoms with Gasteiger partial charge in [0.2, 0.25) is 0 Å². The van der Waals surface area contributed by atoms with Crippen LogP contribution in [0.25, 0.3) is 0 Å². The largest absolute Gasteiger partial charge is 0.382 e. The Balaban J connectivity index is 3.37. The van der Waals surface area contributed by atoms with Gasteiger partial charge in [0.15, 0.2) is 5.44 Å². The van der Waals surface area contributed by atoms with Crippen LogP contribution in [0.2, 0.25) is 0 Å². The van der Waals surface area contributed by atoms with Gasteiger partial charge in [-0.3, -0.25) is 0 Å². The third-order valence-corrected chi connectivity index (χ3v) is 1.82. The third-order valence-electron chi connectivity index (χ3n) is 0.778. The van der Waals surface area contributed by atoms with E-state index in [1.807, 2.05) is 6.92 Å². The van der Waals surface area contributed by atoms with Crippen LogP contribution in [-0.4, -0.2) is 21.1 Å². The molecule has 0 saturated carbocycles. The van der Waals surface area contributed by atoms with Crippen molar-refractivity contribution in [2.75, 3.05) is 0 Å². The van der Waals surface area contributed by atoms with E-state index in [2.05, 4.69) is 5.92 Å². The van der Waals surface area contributed by atoms with Crippen molar-refractivity contribution in [3.63, 3.8) is 0 Å². The van der Waals surface area contributed by atoms with Crippen LogP contribution in [0.4, 0.5) is 0 Å². The Labute approximate surface area is 59.3 Å². The van der Waals surface area contributed by atoms with Gasteiger partial charge in [-0.05, 0) is 6.42 Å². The summed E-state index contributed by atoms with van der Waals surface area (Å²) >= 11 is 0.975. The van der Waals surface area contributed by atoms with Gasteiger partial charge in [-0.25, -0.2) is 0 Å². The van der Waals surface area contributed by atoms with Gasteiger partial charge in [-0.1, -0.05) is 24.6 Å². The van der Waals surface area contributed by atoms with E-state index in [9.17, 15) is 0 Å². The highest BCUT2D eigenvalue weighted by atomic mass is 32.2. The lowest BCUT2D eigenvalue weighted by Crippen LogP contribution is -2.06. The summed E-state index contributed by atoms with van der Waals surface area (Å²) in [7, 11) is 0. The fourth-order valence-electron chi connectivity index (χ4n) is 0.284. The molecule has 3 heteroatoms. The number of hydrogen-bond donors (Lipinski definition) is 2. The first kappa shape index (κ1) is 8.83. The molecule has 0 aromatic carbocycles. The van der Waals surface area contributed by atoms with Crippen molar-refractivity contribution >= 4 is 11.8 Å². The van der Waals surface area contributed by atoms with Crippen molar-refractivity contribution in [2.24, 2.45) is 0 Å². The lowest BCUT2D eigenvalue weighted by atomic mass is 10.5. The molecule has 0 aromatic heterocycles. The average molecular weight is 146 g/mol. The van der Waals surface area contributed by atoms with E-state index >= 15 is 0 Å². The zero-order valence-electron chi connectivity index (χ0n) is 5.24.